The maximum absolute atomic E-state index is 10.6. The minimum absolute atomic E-state index is 0.0409. The van der Waals surface area contributed by atoms with Crippen LogP contribution < -0.4 is 0 Å². The molecule has 2 aromatic rings. The Morgan fingerprint density at radius 2 is 2.32 bits per heavy atom. The van der Waals surface area contributed by atoms with Crippen LogP contribution in [0.5, 0.6) is 0 Å². The van der Waals surface area contributed by atoms with Crippen LogP contribution in [0.25, 0.3) is 11.4 Å². The van der Waals surface area contributed by atoms with E-state index in [9.17, 15) is 4.79 Å². The minimum atomic E-state index is -0.824. The van der Waals surface area contributed by atoms with Crippen molar-refractivity contribution in [2.24, 2.45) is 5.92 Å². The Labute approximate surface area is 110 Å². The first-order chi connectivity index (χ1) is 9.06. The van der Waals surface area contributed by atoms with Gasteiger partial charge in [0.15, 0.2) is 0 Å². The van der Waals surface area contributed by atoms with E-state index in [0.717, 1.165) is 11.1 Å². The van der Waals surface area contributed by atoms with Crippen LogP contribution in [-0.4, -0.2) is 26.2 Å². The number of aliphatic carboxylic acids is 1. The van der Waals surface area contributed by atoms with Gasteiger partial charge < -0.3 is 9.63 Å². The Hall–Kier alpha value is -2.24. The van der Waals surface area contributed by atoms with Crippen LogP contribution in [0.4, 0.5) is 0 Å². The molecule has 0 aliphatic heterocycles. The molecule has 0 bridgehead atoms. The molecule has 1 N–H and O–H groups in total. The number of carboxylic acids is 1. The Kier molecular flexibility index (Phi) is 3.89. The van der Waals surface area contributed by atoms with Gasteiger partial charge >= 0.3 is 5.97 Å². The molecule has 1 atom stereocenters. The number of carboxylic acid groups (broad SMARTS) is 1. The summed E-state index contributed by atoms with van der Waals surface area (Å²) in [5, 5.41) is 12.6. The van der Waals surface area contributed by atoms with Gasteiger partial charge in [-0.2, -0.15) is 4.98 Å². The molecule has 2 heterocycles. The summed E-state index contributed by atoms with van der Waals surface area (Å²) in [6.45, 7) is 3.79. The molecule has 0 saturated carbocycles. The number of carbonyl (C=O) groups is 1. The summed E-state index contributed by atoms with van der Waals surface area (Å²) in [5.41, 5.74) is 1.84. The molecule has 0 amide bonds. The zero-order valence-corrected chi connectivity index (χ0v) is 10.8. The van der Waals surface area contributed by atoms with Crippen molar-refractivity contribution in [3.8, 4) is 11.4 Å². The zero-order valence-electron chi connectivity index (χ0n) is 10.8. The zero-order chi connectivity index (χ0) is 13.8. The molecule has 100 valence electrons. The Morgan fingerprint density at radius 1 is 1.53 bits per heavy atom. The molecule has 6 heteroatoms. The third-order valence-corrected chi connectivity index (χ3v) is 2.79. The fraction of sp³-hybridized carbons (Fsp3) is 0.385. The molecule has 0 fully saturated rings. The maximum atomic E-state index is 10.6. The summed E-state index contributed by atoms with van der Waals surface area (Å²) < 4.78 is 5.14. The first-order valence-corrected chi connectivity index (χ1v) is 6.01. The lowest BCUT2D eigenvalue weighted by molar-refractivity contribution is -0.137. The second-order valence-electron chi connectivity index (χ2n) is 4.61. The van der Waals surface area contributed by atoms with E-state index in [1.165, 1.54) is 0 Å². The highest BCUT2D eigenvalue weighted by Crippen LogP contribution is 2.20. The topological polar surface area (TPSA) is 89.1 Å². The van der Waals surface area contributed by atoms with Crippen LogP contribution >= 0.6 is 0 Å². The van der Waals surface area contributed by atoms with Crippen molar-refractivity contribution in [1.82, 2.24) is 15.1 Å². The summed E-state index contributed by atoms with van der Waals surface area (Å²) in [5.74, 6) is 0.0752. The van der Waals surface area contributed by atoms with Gasteiger partial charge in [-0.05, 0) is 24.5 Å². The fourth-order valence-corrected chi connectivity index (χ4v) is 1.81. The third-order valence-electron chi connectivity index (χ3n) is 2.79. The molecule has 19 heavy (non-hydrogen) atoms. The molecule has 0 aliphatic carbocycles. The first kappa shape index (κ1) is 13.2. The standard InChI is InChI=1S/C13H15N3O3/c1-8(6-12(17)18)5-11-15-13(16-19-11)10-7-14-4-3-9(10)2/h3-4,7-8H,5-6H2,1-2H3,(H,17,18). The van der Waals surface area contributed by atoms with Crippen molar-refractivity contribution in [3.63, 3.8) is 0 Å². The number of aryl methyl sites for hydroxylation is 1. The van der Waals surface area contributed by atoms with E-state index in [4.69, 9.17) is 9.63 Å². The van der Waals surface area contributed by atoms with Crippen LogP contribution in [0.15, 0.2) is 23.0 Å². The summed E-state index contributed by atoms with van der Waals surface area (Å²) in [6.07, 6.45) is 3.93. The van der Waals surface area contributed by atoms with Gasteiger partial charge in [0.05, 0.1) is 0 Å². The molecule has 0 saturated heterocycles. The predicted octanol–water partition coefficient (Wildman–Crippen LogP) is 2.09. The minimum Gasteiger partial charge on any atom is -0.481 e. The third kappa shape index (κ3) is 3.37. The molecular weight excluding hydrogens is 246 g/mol. The number of pyridine rings is 1. The van der Waals surface area contributed by atoms with E-state index >= 15 is 0 Å². The number of nitrogens with zero attached hydrogens (tertiary/aromatic N) is 3. The number of hydrogen-bond donors (Lipinski definition) is 1. The lowest BCUT2D eigenvalue weighted by atomic mass is 10.0. The van der Waals surface area contributed by atoms with Crippen molar-refractivity contribution in [3.05, 3.63) is 29.9 Å². The second kappa shape index (κ2) is 5.60. The van der Waals surface area contributed by atoms with Gasteiger partial charge in [0.2, 0.25) is 11.7 Å². The second-order valence-corrected chi connectivity index (χ2v) is 4.61. The number of hydrogen-bond acceptors (Lipinski definition) is 5. The van der Waals surface area contributed by atoms with Crippen molar-refractivity contribution in [2.45, 2.75) is 26.7 Å². The molecule has 1 unspecified atom stereocenters. The van der Waals surface area contributed by atoms with Gasteiger partial charge in [-0.25, -0.2) is 0 Å². The molecule has 0 aromatic carbocycles. The van der Waals surface area contributed by atoms with Gasteiger partial charge in [0, 0.05) is 30.8 Å². The van der Waals surface area contributed by atoms with Crippen LogP contribution in [-0.2, 0) is 11.2 Å². The van der Waals surface area contributed by atoms with Crippen LogP contribution in [0.2, 0.25) is 0 Å². The smallest absolute Gasteiger partial charge is 0.303 e. The van der Waals surface area contributed by atoms with Crippen molar-refractivity contribution < 1.29 is 14.4 Å². The lowest BCUT2D eigenvalue weighted by Gasteiger charge is -2.03. The quantitative estimate of drug-likeness (QED) is 0.886. The van der Waals surface area contributed by atoms with E-state index in [1.54, 1.807) is 12.4 Å². The number of aromatic nitrogens is 3. The van der Waals surface area contributed by atoms with Gasteiger partial charge in [-0.1, -0.05) is 12.1 Å². The average molecular weight is 261 g/mol. The predicted molar refractivity (Wildman–Crippen MR) is 67.4 cm³/mol. The van der Waals surface area contributed by atoms with E-state index in [-0.39, 0.29) is 12.3 Å². The highest BCUT2D eigenvalue weighted by Gasteiger charge is 2.15. The Bertz CT molecular complexity index is 580. The summed E-state index contributed by atoms with van der Waals surface area (Å²) in [6, 6.07) is 1.87. The molecule has 2 rings (SSSR count). The van der Waals surface area contributed by atoms with Gasteiger partial charge in [-0.15, -0.1) is 0 Å². The average Bonchev–Trinajstić information content (AvgIpc) is 2.76. The Balaban J connectivity index is 2.11. The largest absolute Gasteiger partial charge is 0.481 e. The molecule has 0 aliphatic rings. The lowest BCUT2D eigenvalue weighted by Crippen LogP contribution is -2.07. The monoisotopic (exact) mass is 261 g/mol. The highest BCUT2D eigenvalue weighted by atomic mass is 16.5. The fourth-order valence-electron chi connectivity index (χ4n) is 1.81. The molecule has 2 aromatic heterocycles. The van der Waals surface area contributed by atoms with Crippen LogP contribution in [0.3, 0.4) is 0 Å². The van der Waals surface area contributed by atoms with Crippen molar-refractivity contribution in [1.29, 1.82) is 0 Å². The van der Waals surface area contributed by atoms with Crippen LogP contribution in [0.1, 0.15) is 24.8 Å². The van der Waals surface area contributed by atoms with Crippen LogP contribution in [0, 0.1) is 12.8 Å². The van der Waals surface area contributed by atoms with E-state index < -0.39 is 5.97 Å². The molecular formula is C13H15N3O3. The summed E-state index contributed by atoms with van der Waals surface area (Å²) >= 11 is 0. The highest BCUT2D eigenvalue weighted by molar-refractivity contribution is 5.67. The van der Waals surface area contributed by atoms with Gasteiger partial charge in [0.25, 0.3) is 0 Å². The molecule has 0 radical (unpaired) electrons. The molecule has 0 spiro atoms. The normalized spacial score (nSPS) is 12.3. The summed E-state index contributed by atoms with van der Waals surface area (Å²) in [7, 11) is 0. The summed E-state index contributed by atoms with van der Waals surface area (Å²) in [4.78, 5) is 18.9. The molecule has 6 nitrogen and oxygen atoms in total. The van der Waals surface area contributed by atoms with Crippen molar-refractivity contribution in [2.75, 3.05) is 0 Å². The maximum Gasteiger partial charge on any atom is 0.303 e. The van der Waals surface area contributed by atoms with E-state index in [1.807, 2.05) is 19.9 Å². The first-order valence-electron chi connectivity index (χ1n) is 6.01. The Morgan fingerprint density at radius 3 is 3.00 bits per heavy atom. The van der Waals surface area contributed by atoms with Gasteiger partial charge in [0.1, 0.15) is 0 Å². The number of rotatable bonds is 5. The van der Waals surface area contributed by atoms with E-state index in [0.29, 0.717) is 18.1 Å². The van der Waals surface area contributed by atoms with Gasteiger partial charge in [-0.3, -0.25) is 9.78 Å². The van der Waals surface area contributed by atoms with Crippen molar-refractivity contribution >= 4 is 5.97 Å². The van der Waals surface area contributed by atoms with E-state index in [2.05, 4.69) is 15.1 Å². The SMILES string of the molecule is Cc1ccncc1-c1noc(CC(C)CC(=O)O)n1.